The van der Waals surface area contributed by atoms with E-state index >= 15 is 0 Å². The van der Waals surface area contributed by atoms with E-state index in [0.717, 1.165) is 12.1 Å². The Morgan fingerprint density at radius 2 is 2.24 bits per heavy atom. The second-order valence-corrected chi connectivity index (χ2v) is 3.73. The summed E-state index contributed by atoms with van der Waals surface area (Å²) >= 11 is 0. The molecule has 90 valence electrons. The standard InChI is InChI=1S/C12H14FN3O/c1-16-10(4-6-15-16)5-7-17-12-3-2-9(13)8-11(12)14/h2-4,6,8H,5,7,14H2,1H3. The maximum atomic E-state index is 12.8. The van der Waals surface area contributed by atoms with E-state index in [4.69, 9.17) is 10.5 Å². The van der Waals surface area contributed by atoms with E-state index in [-0.39, 0.29) is 5.82 Å². The molecular weight excluding hydrogens is 221 g/mol. The van der Waals surface area contributed by atoms with E-state index in [1.54, 1.807) is 10.9 Å². The SMILES string of the molecule is Cn1nccc1CCOc1ccc(F)cc1N. The van der Waals surface area contributed by atoms with Crippen LogP contribution < -0.4 is 10.5 Å². The molecule has 0 atom stereocenters. The molecule has 0 saturated heterocycles. The highest BCUT2D eigenvalue weighted by atomic mass is 19.1. The molecule has 0 aliphatic carbocycles. The molecule has 0 aliphatic heterocycles. The lowest BCUT2D eigenvalue weighted by Gasteiger charge is -2.08. The highest BCUT2D eigenvalue weighted by Crippen LogP contribution is 2.21. The van der Waals surface area contributed by atoms with Crippen LogP contribution in [0.15, 0.2) is 30.5 Å². The number of hydrogen-bond acceptors (Lipinski definition) is 3. The van der Waals surface area contributed by atoms with Crippen LogP contribution in [0.25, 0.3) is 0 Å². The number of nitrogens with two attached hydrogens (primary N) is 1. The lowest BCUT2D eigenvalue weighted by molar-refractivity contribution is 0.319. The summed E-state index contributed by atoms with van der Waals surface area (Å²) in [5.74, 6) is 0.148. The number of nitrogen functional groups attached to an aromatic ring is 1. The van der Waals surface area contributed by atoms with Gasteiger partial charge < -0.3 is 10.5 Å². The minimum Gasteiger partial charge on any atom is -0.491 e. The highest BCUT2D eigenvalue weighted by molar-refractivity contribution is 5.52. The number of aryl methyl sites for hydroxylation is 1. The topological polar surface area (TPSA) is 53.1 Å². The maximum Gasteiger partial charge on any atom is 0.142 e. The van der Waals surface area contributed by atoms with Crippen molar-refractivity contribution in [2.24, 2.45) is 7.05 Å². The molecule has 1 heterocycles. The van der Waals surface area contributed by atoms with Gasteiger partial charge in [0, 0.05) is 31.4 Å². The van der Waals surface area contributed by atoms with Gasteiger partial charge in [0.15, 0.2) is 0 Å². The molecule has 0 amide bonds. The van der Waals surface area contributed by atoms with E-state index in [9.17, 15) is 4.39 Å². The molecule has 1 aromatic carbocycles. The van der Waals surface area contributed by atoms with E-state index < -0.39 is 0 Å². The first-order valence-corrected chi connectivity index (χ1v) is 5.31. The third kappa shape index (κ3) is 2.75. The van der Waals surface area contributed by atoms with Gasteiger partial charge in [0.2, 0.25) is 0 Å². The molecule has 17 heavy (non-hydrogen) atoms. The first-order valence-electron chi connectivity index (χ1n) is 5.31. The fourth-order valence-corrected chi connectivity index (χ4v) is 1.56. The Kier molecular flexibility index (Phi) is 3.27. The predicted octanol–water partition coefficient (Wildman–Crippen LogP) is 1.76. The molecule has 5 heteroatoms. The Bertz CT molecular complexity index is 510. The molecule has 0 fully saturated rings. The zero-order chi connectivity index (χ0) is 12.3. The fourth-order valence-electron chi connectivity index (χ4n) is 1.56. The van der Waals surface area contributed by atoms with Gasteiger partial charge in [-0.05, 0) is 18.2 Å². The van der Waals surface area contributed by atoms with Crippen molar-refractivity contribution in [2.45, 2.75) is 6.42 Å². The number of rotatable bonds is 4. The molecule has 4 nitrogen and oxygen atoms in total. The van der Waals surface area contributed by atoms with E-state index in [1.807, 2.05) is 13.1 Å². The number of halogens is 1. The van der Waals surface area contributed by atoms with Crippen LogP contribution in [0.4, 0.5) is 10.1 Å². The van der Waals surface area contributed by atoms with Gasteiger partial charge in [0.1, 0.15) is 11.6 Å². The molecule has 2 rings (SSSR count). The van der Waals surface area contributed by atoms with Gasteiger partial charge in [-0.25, -0.2) is 4.39 Å². The average Bonchev–Trinajstić information content (AvgIpc) is 2.68. The van der Waals surface area contributed by atoms with Crippen LogP contribution in [0.1, 0.15) is 5.69 Å². The predicted molar refractivity (Wildman–Crippen MR) is 63.2 cm³/mol. The van der Waals surface area contributed by atoms with Crippen molar-refractivity contribution >= 4 is 5.69 Å². The number of ether oxygens (including phenoxy) is 1. The van der Waals surface area contributed by atoms with Crippen molar-refractivity contribution in [3.05, 3.63) is 42.0 Å². The van der Waals surface area contributed by atoms with Crippen LogP contribution in [0, 0.1) is 5.82 Å². The van der Waals surface area contributed by atoms with Crippen LogP contribution in [0.3, 0.4) is 0 Å². The summed E-state index contributed by atoms with van der Waals surface area (Å²) in [6.45, 7) is 0.482. The lowest BCUT2D eigenvalue weighted by Crippen LogP contribution is -2.07. The first-order chi connectivity index (χ1) is 8.16. The average molecular weight is 235 g/mol. The van der Waals surface area contributed by atoms with Gasteiger partial charge in [0.05, 0.1) is 12.3 Å². The second-order valence-electron chi connectivity index (χ2n) is 3.73. The Labute approximate surface area is 98.8 Å². The van der Waals surface area contributed by atoms with Crippen molar-refractivity contribution in [1.29, 1.82) is 0 Å². The number of anilines is 1. The van der Waals surface area contributed by atoms with Crippen LogP contribution in [0.2, 0.25) is 0 Å². The maximum absolute atomic E-state index is 12.8. The van der Waals surface area contributed by atoms with E-state index in [2.05, 4.69) is 5.10 Å². The van der Waals surface area contributed by atoms with Gasteiger partial charge >= 0.3 is 0 Å². The van der Waals surface area contributed by atoms with Gasteiger partial charge in [-0.1, -0.05) is 0 Å². The highest BCUT2D eigenvalue weighted by Gasteiger charge is 2.03. The minimum absolute atomic E-state index is 0.315. The monoisotopic (exact) mass is 235 g/mol. The van der Waals surface area contributed by atoms with Gasteiger partial charge in [-0.15, -0.1) is 0 Å². The second kappa shape index (κ2) is 4.86. The third-order valence-corrected chi connectivity index (χ3v) is 2.51. The zero-order valence-corrected chi connectivity index (χ0v) is 9.56. The van der Waals surface area contributed by atoms with Crippen LogP contribution in [-0.4, -0.2) is 16.4 Å². The molecule has 0 bridgehead atoms. The Balaban J connectivity index is 1.92. The van der Waals surface area contributed by atoms with Gasteiger partial charge in [-0.3, -0.25) is 4.68 Å². The Morgan fingerprint density at radius 3 is 2.88 bits per heavy atom. The van der Waals surface area contributed by atoms with Crippen molar-refractivity contribution < 1.29 is 9.13 Å². The summed E-state index contributed by atoms with van der Waals surface area (Å²) in [5.41, 5.74) is 7.02. The molecule has 1 aromatic heterocycles. The van der Waals surface area contributed by atoms with Crippen LogP contribution >= 0.6 is 0 Å². The molecular formula is C12H14FN3O. The van der Waals surface area contributed by atoms with Crippen molar-refractivity contribution in [3.8, 4) is 5.75 Å². The van der Waals surface area contributed by atoms with E-state index in [1.165, 1.54) is 18.2 Å². The molecule has 2 N–H and O–H groups in total. The first kappa shape index (κ1) is 11.4. The minimum atomic E-state index is -0.360. The summed E-state index contributed by atoms with van der Waals surface area (Å²) in [4.78, 5) is 0. The largest absolute Gasteiger partial charge is 0.491 e. The third-order valence-electron chi connectivity index (χ3n) is 2.51. The number of benzene rings is 1. The van der Waals surface area contributed by atoms with Crippen molar-refractivity contribution in [2.75, 3.05) is 12.3 Å². The molecule has 0 aliphatic rings. The quantitative estimate of drug-likeness (QED) is 0.821. The molecule has 0 spiro atoms. The summed E-state index contributed by atoms with van der Waals surface area (Å²) < 4.78 is 20.1. The fraction of sp³-hybridized carbons (Fsp3) is 0.250. The number of aromatic nitrogens is 2. The van der Waals surface area contributed by atoms with Crippen LogP contribution in [-0.2, 0) is 13.5 Å². The summed E-state index contributed by atoms with van der Waals surface area (Å²) in [6.07, 6.45) is 2.47. The van der Waals surface area contributed by atoms with Crippen LogP contribution in [0.5, 0.6) is 5.75 Å². The zero-order valence-electron chi connectivity index (χ0n) is 9.56. The molecule has 0 saturated carbocycles. The van der Waals surface area contributed by atoms with Gasteiger partial charge in [0.25, 0.3) is 0 Å². The normalized spacial score (nSPS) is 10.5. The number of hydrogen-bond donors (Lipinski definition) is 1. The molecule has 0 radical (unpaired) electrons. The molecule has 2 aromatic rings. The summed E-state index contributed by atoms with van der Waals surface area (Å²) in [7, 11) is 1.88. The van der Waals surface area contributed by atoms with Gasteiger partial charge in [-0.2, -0.15) is 5.10 Å². The van der Waals surface area contributed by atoms with E-state index in [0.29, 0.717) is 18.0 Å². The number of nitrogens with zero attached hydrogens (tertiary/aromatic N) is 2. The summed E-state index contributed by atoms with van der Waals surface area (Å²) in [5, 5.41) is 4.06. The molecule has 0 unspecified atom stereocenters. The summed E-state index contributed by atoms with van der Waals surface area (Å²) in [6, 6.07) is 6.04. The van der Waals surface area contributed by atoms with Crippen molar-refractivity contribution in [3.63, 3.8) is 0 Å². The lowest BCUT2D eigenvalue weighted by atomic mass is 10.3. The Morgan fingerprint density at radius 1 is 1.41 bits per heavy atom. The smallest absolute Gasteiger partial charge is 0.142 e. The Hall–Kier alpha value is -2.04. The van der Waals surface area contributed by atoms with Crippen molar-refractivity contribution in [1.82, 2.24) is 9.78 Å².